The molecule has 0 radical (unpaired) electrons. The van der Waals surface area contributed by atoms with Gasteiger partial charge in [-0.25, -0.2) is 0 Å². The lowest BCUT2D eigenvalue weighted by Crippen LogP contribution is -2.31. The van der Waals surface area contributed by atoms with Gasteiger partial charge in [-0.3, -0.25) is 9.13 Å². The van der Waals surface area contributed by atoms with Crippen molar-refractivity contribution in [2.45, 2.75) is 12.8 Å². The van der Waals surface area contributed by atoms with Crippen LogP contribution in [0.25, 0.3) is 66.9 Å². The van der Waals surface area contributed by atoms with Crippen LogP contribution in [0.4, 0.5) is 0 Å². The average Bonchev–Trinajstić information content (AvgIpc) is 3.81. The van der Waals surface area contributed by atoms with Crippen LogP contribution in [0.1, 0.15) is 29.7 Å². The Hall–Kier alpha value is -7.63. The van der Waals surface area contributed by atoms with Gasteiger partial charge in [0.25, 0.3) is 0 Å². The molecule has 276 valence electrons. The van der Waals surface area contributed by atoms with Gasteiger partial charge in [0.2, 0.25) is 11.9 Å². The maximum atomic E-state index is 5.39. The summed E-state index contributed by atoms with van der Waals surface area (Å²) in [6.45, 7) is 0. The summed E-state index contributed by atoms with van der Waals surface area (Å²) in [4.78, 5) is 16.1. The molecule has 58 heavy (non-hydrogen) atoms. The molecule has 0 N–H and O–H groups in total. The number of benzene rings is 8. The number of para-hydroxylation sites is 4. The fourth-order valence-electron chi connectivity index (χ4n) is 8.92. The summed E-state index contributed by atoms with van der Waals surface area (Å²) in [7, 11) is 0. The summed E-state index contributed by atoms with van der Waals surface area (Å²) in [6, 6.07) is 75.1. The lowest BCUT2D eigenvalue weighted by molar-refractivity contribution is 0.745. The third-order valence-corrected chi connectivity index (χ3v) is 11.3. The maximum absolute atomic E-state index is 5.39. The van der Waals surface area contributed by atoms with Crippen LogP contribution in [0.2, 0.25) is 0 Å². The molecule has 0 aliphatic heterocycles. The van der Waals surface area contributed by atoms with E-state index >= 15 is 0 Å². The van der Waals surface area contributed by atoms with E-state index in [2.05, 4.69) is 221 Å². The Kier molecular flexibility index (Phi) is 8.49. The van der Waals surface area contributed by atoms with Gasteiger partial charge >= 0.3 is 0 Å². The minimum atomic E-state index is -0.627. The fourth-order valence-corrected chi connectivity index (χ4v) is 8.92. The van der Waals surface area contributed by atoms with Crippen molar-refractivity contribution in [1.29, 1.82) is 0 Å². The highest BCUT2D eigenvalue weighted by atomic mass is 15.3. The summed E-state index contributed by atoms with van der Waals surface area (Å²) in [5.74, 6) is 1.70. The quantitative estimate of drug-likeness (QED) is 0.153. The molecule has 0 bridgehead atoms. The number of rotatable bonds is 7. The van der Waals surface area contributed by atoms with Crippen LogP contribution in [-0.4, -0.2) is 24.1 Å². The van der Waals surface area contributed by atoms with Crippen molar-refractivity contribution in [1.82, 2.24) is 24.1 Å². The normalized spacial score (nSPS) is 11.7. The Morgan fingerprint density at radius 3 is 1.02 bits per heavy atom. The van der Waals surface area contributed by atoms with Gasteiger partial charge in [-0.2, -0.15) is 15.0 Å². The SMILES string of the molecule is C.c1ccc(C(c2ccccc2)(c2ccccc2)c2cccc(-c3nc(-n4c5ccccc5c5ccccc54)nc(-n4c5ccccc5c5ccccc54)n3)c2)cc1. The van der Waals surface area contributed by atoms with E-state index < -0.39 is 5.41 Å². The van der Waals surface area contributed by atoms with E-state index in [1.54, 1.807) is 0 Å². The van der Waals surface area contributed by atoms with Crippen molar-refractivity contribution >= 4 is 43.6 Å². The van der Waals surface area contributed by atoms with E-state index in [9.17, 15) is 0 Å². The van der Waals surface area contributed by atoms with Gasteiger partial charge in [-0.1, -0.05) is 189 Å². The summed E-state index contributed by atoms with van der Waals surface area (Å²) in [5.41, 5.74) is 9.04. The van der Waals surface area contributed by atoms with Gasteiger partial charge in [0.05, 0.1) is 27.5 Å². The molecule has 3 aromatic heterocycles. The molecule has 0 fully saturated rings. The average molecular weight is 746 g/mol. The van der Waals surface area contributed by atoms with Crippen LogP contribution < -0.4 is 0 Å². The zero-order valence-electron chi connectivity index (χ0n) is 30.9. The Morgan fingerprint density at radius 2 is 0.638 bits per heavy atom. The minimum absolute atomic E-state index is 0. The highest BCUT2D eigenvalue weighted by Crippen LogP contribution is 2.46. The lowest BCUT2D eigenvalue weighted by Gasteiger charge is -2.37. The molecular weight excluding hydrogens is 707 g/mol. The van der Waals surface area contributed by atoms with E-state index in [4.69, 9.17) is 15.0 Å². The van der Waals surface area contributed by atoms with E-state index in [-0.39, 0.29) is 7.43 Å². The van der Waals surface area contributed by atoms with Gasteiger partial charge in [0.1, 0.15) is 0 Å². The molecule has 0 saturated carbocycles. The number of aromatic nitrogens is 5. The standard InChI is InChI=1S/C52H35N5.CH4/c1-4-20-37(21-5-1)52(38-22-6-2-7-23-38,39-24-8-3-9-25-39)40-26-18-19-36(35-40)49-53-50(56-45-31-14-10-27-41(45)42-28-11-15-32-46(42)56)55-51(54-49)57-47-33-16-12-29-43(47)44-30-13-17-34-48(44)57;/h1-35H;1H4. The molecule has 0 atom stereocenters. The number of nitrogens with zero attached hydrogens (tertiary/aromatic N) is 5. The second-order valence-electron chi connectivity index (χ2n) is 14.4. The molecule has 0 saturated heterocycles. The number of hydrogen-bond acceptors (Lipinski definition) is 3. The zero-order chi connectivity index (χ0) is 37.8. The second kappa shape index (κ2) is 14.1. The Balaban J connectivity index is 0.00000408. The molecule has 0 aliphatic rings. The molecule has 11 aromatic rings. The smallest absolute Gasteiger partial charge is 0.240 e. The third kappa shape index (κ3) is 5.35. The Morgan fingerprint density at radius 1 is 0.310 bits per heavy atom. The first kappa shape index (κ1) is 34.8. The monoisotopic (exact) mass is 745 g/mol. The van der Waals surface area contributed by atoms with Crippen LogP contribution >= 0.6 is 0 Å². The number of hydrogen-bond donors (Lipinski definition) is 0. The van der Waals surface area contributed by atoms with Crippen LogP contribution in [-0.2, 0) is 5.41 Å². The Labute approximate surface area is 337 Å². The molecule has 0 aliphatic carbocycles. The first-order valence-electron chi connectivity index (χ1n) is 19.3. The van der Waals surface area contributed by atoms with Gasteiger partial charge in [-0.05, 0) is 52.6 Å². The van der Waals surface area contributed by atoms with Crippen molar-refractivity contribution in [3.63, 3.8) is 0 Å². The molecule has 0 unspecified atom stereocenters. The minimum Gasteiger partial charge on any atom is -0.278 e. The third-order valence-electron chi connectivity index (χ3n) is 11.3. The summed E-state index contributed by atoms with van der Waals surface area (Å²) in [5, 5.41) is 4.59. The molecule has 0 amide bonds. The van der Waals surface area contributed by atoms with Crippen molar-refractivity contribution < 1.29 is 0 Å². The number of fused-ring (bicyclic) bond motifs is 6. The van der Waals surface area contributed by atoms with Gasteiger partial charge in [0, 0.05) is 27.1 Å². The lowest BCUT2D eigenvalue weighted by atomic mass is 9.65. The van der Waals surface area contributed by atoms with Crippen LogP contribution in [0.5, 0.6) is 0 Å². The largest absolute Gasteiger partial charge is 0.278 e. The molecular formula is C53H39N5. The molecule has 11 rings (SSSR count). The van der Waals surface area contributed by atoms with Crippen molar-refractivity contribution in [3.8, 4) is 23.3 Å². The summed E-state index contributed by atoms with van der Waals surface area (Å²) < 4.78 is 4.36. The molecule has 8 aromatic carbocycles. The Bertz CT molecular complexity index is 2900. The second-order valence-corrected chi connectivity index (χ2v) is 14.4. The molecule has 0 spiro atoms. The molecule has 5 nitrogen and oxygen atoms in total. The predicted octanol–water partition coefficient (Wildman–Crippen LogP) is 12.8. The van der Waals surface area contributed by atoms with E-state index in [0.717, 1.165) is 54.7 Å². The van der Waals surface area contributed by atoms with E-state index in [1.165, 1.54) is 16.7 Å². The van der Waals surface area contributed by atoms with Crippen molar-refractivity contribution in [2.24, 2.45) is 0 Å². The van der Waals surface area contributed by atoms with Crippen molar-refractivity contribution in [2.75, 3.05) is 0 Å². The zero-order valence-corrected chi connectivity index (χ0v) is 30.9. The van der Waals surface area contributed by atoms with Crippen LogP contribution in [0, 0.1) is 0 Å². The fraction of sp³-hybridized carbons (Fsp3) is 0.0377. The predicted molar refractivity (Wildman–Crippen MR) is 239 cm³/mol. The first-order chi connectivity index (χ1) is 28.3. The summed E-state index contributed by atoms with van der Waals surface area (Å²) in [6.07, 6.45) is 0. The first-order valence-corrected chi connectivity index (χ1v) is 19.3. The topological polar surface area (TPSA) is 48.5 Å². The maximum Gasteiger partial charge on any atom is 0.240 e. The van der Waals surface area contributed by atoms with Crippen LogP contribution in [0.3, 0.4) is 0 Å². The van der Waals surface area contributed by atoms with Crippen molar-refractivity contribution in [3.05, 3.63) is 235 Å². The van der Waals surface area contributed by atoms with Gasteiger partial charge < -0.3 is 0 Å². The molecule has 5 heteroatoms. The highest BCUT2D eigenvalue weighted by molar-refractivity contribution is 6.10. The highest BCUT2D eigenvalue weighted by Gasteiger charge is 2.38. The van der Waals surface area contributed by atoms with Gasteiger partial charge in [-0.15, -0.1) is 0 Å². The van der Waals surface area contributed by atoms with Crippen LogP contribution in [0.15, 0.2) is 212 Å². The molecule has 3 heterocycles. The van der Waals surface area contributed by atoms with E-state index in [0.29, 0.717) is 17.7 Å². The summed E-state index contributed by atoms with van der Waals surface area (Å²) >= 11 is 0. The van der Waals surface area contributed by atoms with E-state index in [1.807, 2.05) is 0 Å². The van der Waals surface area contributed by atoms with Gasteiger partial charge in [0.15, 0.2) is 5.82 Å².